The molecule has 0 bridgehead atoms. The molecule has 39 heavy (non-hydrogen) atoms. The quantitative estimate of drug-likeness (QED) is 0.201. The largest absolute Gasteiger partial charge is 0.324 e. The molecule has 2 heterocycles. The molecule has 2 N–H and O–H groups in total. The third-order valence-electron chi connectivity index (χ3n) is 5.49. The van der Waals surface area contributed by atoms with Gasteiger partial charge in [0.25, 0.3) is 11.4 Å². The third-order valence-corrected chi connectivity index (χ3v) is 6.95. The fraction of sp³-hybridized carbons (Fsp3) is 0.0833. The Kier molecular flexibility index (Phi) is 7.21. The second-order valence-electron chi connectivity index (χ2n) is 8.13. The summed E-state index contributed by atoms with van der Waals surface area (Å²) in [5.41, 5.74) is 1.19. The Morgan fingerprint density at radius 3 is 1.90 bits per heavy atom. The summed E-state index contributed by atoms with van der Waals surface area (Å²) in [6, 6.07) is 18.5. The van der Waals surface area contributed by atoms with Crippen molar-refractivity contribution in [1.82, 2.24) is 15.0 Å². The Balaban J connectivity index is 1.55. The zero-order chi connectivity index (χ0) is 27.5. The normalized spacial score (nSPS) is 14.7. The van der Waals surface area contributed by atoms with Crippen LogP contribution in [0.25, 0.3) is 0 Å². The number of nitro benzene ring substituents is 2. The van der Waals surface area contributed by atoms with Crippen molar-refractivity contribution in [2.75, 3.05) is 21.3 Å². The lowest BCUT2D eigenvalue weighted by atomic mass is 10.2. The van der Waals surface area contributed by atoms with Gasteiger partial charge in [0.15, 0.2) is 0 Å². The van der Waals surface area contributed by atoms with E-state index in [2.05, 4.69) is 25.6 Å². The molecule has 3 aromatic carbocycles. The van der Waals surface area contributed by atoms with Crippen LogP contribution in [0.15, 0.2) is 72.8 Å². The highest BCUT2D eigenvalue weighted by molar-refractivity contribution is 8.00. The van der Waals surface area contributed by atoms with Crippen molar-refractivity contribution in [2.45, 2.75) is 5.37 Å². The second-order valence-corrected chi connectivity index (χ2v) is 9.63. The van der Waals surface area contributed by atoms with E-state index in [-0.39, 0.29) is 40.9 Å². The van der Waals surface area contributed by atoms with Gasteiger partial charge in [0.2, 0.25) is 23.8 Å². The van der Waals surface area contributed by atoms with E-state index < -0.39 is 15.2 Å². The maximum atomic E-state index is 13.0. The molecule has 5 rings (SSSR count). The summed E-state index contributed by atoms with van der Waals surface area (Å²) >= 11 is 7.42. The number of halogens is 1. The summed E-state index contributed by atoms with van der Waals surface area (Å²) in [6.45, 7) is 0. The molecule has 1 fully saturated rings. The number of amides is 1. The molecule has 0 saturated carbocycles. The minimum absolute atomic E-state index is 0.00650. The molecule has 0 aliphatic carbocycles. The minimum Gasteiger partial charge on any atom is -0.324 e. The van der Waals surface area contributed by atoms with E-state index in [4.69, 9.17) is 11.6 Å². The van der Waals surface area contributed by atoms with Gasteiger partial charge in [-0.1, -0.05) is 35.9 Å². The Labute approximate surface area is 229 Å². The van der Waals surface area contributed by atoms with Crippen LogP contribution in [-0.4, -0.2) is 36.5 Å². The molecule has 1 aliphatic rings. The predicted molar refractivity (Wildman–Crippen MR) is 147 cm³/mol. The van der Waals surface area contributed by atoms with Crippen molar-refractivity contribution >= 4 is 69.9 Å². The molecule has 1 unspecified atom stereocenters. The van der Waals surface area contributed by atoms with Crippen molar-refractivity contribution in [3.8, 4) is 0 Å². The number of anilines is 5. The van der Waals surface area contributed by atoms with Crippen LogP contribution in [0.4, 0.5) is 40.6 Å². The van der Waals surface area contributed by atoms with Crippen molar-refractivity contribution in [1.29, 1.82) is 0 Å². The molecule has 1 aliphatic heterocycles. The van der Waals surface area contributed by atoms with Crippen LogP contribution >= 0.6 is 23.4 Å². The van der Waals surface area contributed by atoms with Crippen LogP contribution in [0.1, 0.15) is 10.9 Å². The second kappa shape index (κ2) is 10.9. The van der Waals surface area contributed by atoms with E-state index in [1.807, 2.05) is 0 Å². The van der Waals surface area contributed by atoms with Crippen LogP contribution in [0, 0.1) is 20.2 Å². The molecule has 0 radical (unpaired) electrons. The molecule has 1 saturated heterocycles. The number of carbonyl (C=O) groups excluding carboxylic acids is 1. The monoisotopic (exact) mass is 564 g/mol. The molecule has 1 amide bonds. The lowest BCUT2D eigenvalue weighted by Crippen LogP contribution is -2.30. The summed E-state index contributed by atoms with van der Waals surface area (Å²) in [5, 5.41) is 28.4. The fourth-order valence-electron chi connectivity index (χ4n) is 3.75. The Bertz CT molecular complexity index is 1510. The van der Waals surface area contributed by atoms with Crippen LogP contribution in [0.2, 0.25) is 5.02 Å². The number of non-ortho nitro benzene ring substituents is 2. The Morgan fingerprint density at radius 1 is 0.846 bits per heavy atom. The lowest BCUT2D eigenvalue weighted by Gasteiger charge is -2.23. The number of hydrogen-bond donors (Lipinski definition) is 2. The molecule has 13 nitrogen and oxygen atoms in total. The van der Waals surface area contributed by atoms with Crippen molar-refractivity contribution in [3.63, 3.8) is 0 Å². The number of thioether (sulfide) groups is 1. The zero-order valence-corrected chi connectivity index (χ0v) is 21.3. The molecule has 15 heteroatoms. The van der Waals surface area contributed by atoms with Gasteiger partial charge in [0.05, 0.1) is 15.6 Å². The Hall–Kier alpha value is -4.82. The number of hydrogen-bond acceptors (Lipinski definition) is 11. The number of rotatable bonds is 8. The van der Waals surface area contributed by atoms with Crippen LogP contribution < -0.4 is 15.5 Å². The SMILES string of the molecule is O=C1CSC(c2ccc(Cl)cc2)N1c1nc(Nc2cccc([N+](=O)[O-])c2)nc(Nc2cccc([N+](=O)[O-])c2)n1. The molecule has 1 atom stereocenters. The maximum Gasteiger partial charge on any atom is 0.271 e. The minimum atomic E-state index is -0.532. The van der Waals surface area contributed by atoms with Gasteiger partial charge in [-0.05, 0) is 29.8 Å². The number of nitrogens with zero attached hydrogens (tertiary/aromatic N) is 6. The first-order chi connectivity index (χ1) is 18.8. The third kappa shape index (κ3) is 5.86. The van der Waals surface area contributed by atoms with E-state index in [0.29, 0.717) is 16.4 Å². The Morgan fingerprint density at radius 2 is 1.38 bits per heavy atom. The first-order valence-electron chi connectivity index (χ1n) is 11.2. The molecule has 4 aromatic rings. The van der Waals surface area contributed by atoms with Crippen LogP contribution in [0.3, 0.4) is 0 Å². The van der Waals surface area contributed by atoms with Gasteiger partial charge in [-0.25, -0.2) is 0 Å². The average molecular weight is 565 g/mol. The standard InChI is InChI=1S/C24H17ClN8O5S/c25-15-9-7-14(8-10-15)21-31(20(34)13-39-21)24-29-22(26-16-3-1-5-18(11-16)32(35)36)28-23(30-24)27-17-4-2-6-19(12-17)33(37)38/h1-12,21H,13H2,(H2,26,27,28,29,30). The first kappa shape index (κ1) is 25.8. The lowest BCUT2D eigenvalue weighted by molar-refractivity contribution is -0.385. The number of nitrogens with one attached hydrogen (secondary N) is 2. The number of aromatic nitrogens is 3. The number of nitro groups is 2. The van der Waals surface area contributed by atoms with Gasteiger partial charge in [-0.15, -0.1) is 11.8 Å². The highest BCUT2D eigenvalue weighted by atomic mass is 35.5. The van der Waals surface area contributed by atoms with Gasteiger partial charge in [0, 0.05) is 40.7 Å². The van der Waals surface area contributed by atoms with Gasteiger partial charge < -0.3 is 10.6 Å². The summed E-state index contributed by atoms with van der Waals surface area (Å²) in [4.78, 5) is 49.0. The van der Waals surface area contributed by atoms with Gasteiger partial charge >= 0.3 is 0 Å². The van der Waals surface area contributed by atoms with Crippen molar-refractivity contribution < 1.29 is 14.6 Å². The first-order valence-corrected chi connectivity index (χ1v) is 12.7. The van der Waals surface area contributed by atoms with Crippen LogP contribution in [0.5, 0.6) is 0 Å². The van der Waals surface area contributed by atoms with Gasteiger partial charge in [-0.2, -0.15) is 15.0 Å². The van der Waals surface area contributed by atoms with E-state index >= 15 is 0 Å². The fourth-order valence-corrected chi connectivity index (χ4v) is 5.03. The van der Waals surface area contributed by atoms with Gasteiger partial charge in [0.1, 0.15) is 5.37 Å². The molecule has 196 valence electrons. The van der Waals surface area contributed by atoms with Crippen molar-refractivity contribution in [2.24, 2.45) is 0 Å². The van der Waals surface area contributed by atoms with Crippen molar-refractivity contribution in [3.05, 3.63) is 104 Å². The topological polar surface area (TPSA) is 169 Å². The summed E-state index contributed by atoms with van der Waals surface area (Å²) < 4.78 is 0. The van der Waals surface area contributed by atoms with E-state index in [0.717, 1.165) is 5.56 Å². The van der Waals surface area contributed by atoms with Gasteiger partial charge in [-0.3, -0.25) is 29.9 Å². The predicted octanol–water partition coefficient (Wildman–Crippen LogP) is 5.61. The molecular weight excluding hydrogens is 548 g/mol. The highest BCUT2D eigenvalue weighted by Crippen LogP contribution is 2.41. The smallest absolute Gasteiger partial charge is 0.271 e. The van der Waals surface area contributed by atoms with Crippen LogP contribution in [-0.2, 0) is 4.79 Å². The number of benzene rings is 3. The molecule has 0 spiro atoms. The summed E-state index contributed by atoms with van der Waals surface area (Å²) in [7, 11) is 0. The highest BCUT2D eigenvalue weighted by Gasteiger charge is 2.36. The average Bonchev–Trinajstić information content (AvgIpc) is 3.30. The van der Waals surface area contributed by atoms with E-state index in [1.165, 1.54) is 53.1 Å². The number of carbonyl (C=O) groups is 1. The molecule has 1 aromatic heterocycles. The summed E-state index contributed by atoms with van der Waals surface area (Å²) in [5.74, 6) is -0.0594. The summed E-state index contributed by atoms with van der Waals surface area (Å²) in [6.07, 6.45) is 0. The zero-order valence-electron chi connectivity index (χ0n) is 19.7. The maximum absolute atomic E-state index is 13.0. The van der Waals surface area contributed by atoms with E-state index in [9.17, 15) is 25.0 Å². The van der Waals surface area contributed by atoms with E-state index in [1.54, 1.807) is 36.4 Å². The molecular formula is C24H17ClN8O5S.